The first-order chi connectivity index (χ1) is 11.4. The van der Waals surface area contributed by atoms with Crippen LogP contribution in [0.2, 0.25) is 0 Å². The van der Waals surface area contributed by atoms with Gasteiger partial charge in [-0.3, -0.25) is 9.89 Å². The first-order valence-electron chi connectivity index (χ1n) is 8.59. The third-order valence-electron chi connectivity index (χ3n) is 4.54. The molecular formula is C19H27ClN4O. The standard InChI is InChI=1S/C19H26N4O.ClH/c1-19(2,3)14-6-4-13(5-7-14)8-11-21-18(24)17-15-12-20-10-9-16(15)22-23-17;/h4-7,20H,8-12H2,1-3H3,(H,21,24)(H,22,23);1H. The molecule has 0 fully saturated rings. The van der Waals surface area contributed by atoms with Gasteiger partial charge in [0.1, 0.15) is 0 Å². The van der Waals surface area contributed by atoms with Gasteiger partial charge >= 0.3 is 0 Å². The lowest BCUT2D eigenvalue weighted by atomic mass is 9.86. The Bertz CT molecular complexity index is 716. The monoisotopic (exact) mass is 362 g/mol. The molecule has 0 radical (unpaired) electrons. The number of aromatic amines is 1. The van der Waals surface area contributed by atoms with Crippen molar-refractivity contribution >= 4 is 18.3 Å². The maximum atomic E-state index is 12.3. The minimum atomic E-state index is -0.0949. The van der Waals surface area contributed by atoms with Crippen molar-refractivity contribution in [1.82, 2.24) is 20.8 Å². The predicted octanol–water partition coefficient (Wildman–Crippen LogP) is 2.75. The number of nitrogens with one attached hydrogen (secondary N) is 3. The summed E-state index contributed by atoms with van der Waals surface area (Å²) in [7, 11) is 0. The molecule has 0 bridgehead atoms. The normalized spacial score (nSPS) is 13.7. The second-order valence-electron chi connectivity index (χ2n) is 7.41. The Labute approximate surface area is 155 Å². The smallest absolute Gasteiger partial charge is 0.272 e. The summed E-state index contributed by atoms with van der Waals surface area (Å²) < 4.78 is 0. The highest BCUT2D eigenvalue weighted by Crippen LogP contribution is 2.22. The number of halogens is 1. The molecule has 6 heteroatoms. The van der Waals surface area contributed by atoms with E-state index in [0.29, 0.717) is 18.8 Å². The van der Waals surface area contributed by atoms with E-state index in [1.807, 2.05) is 0 Å². The highest BCUT2D eigenvalue weighted by atomic mass is 35.5. The van der Waals surface area contributed by atoms with Gasteiger partial charge in [0.15, 0.2) is 5.69 Å². The van der Waals surface area contributed by atoms with Crippen molar-refractivity contribution in [3.8, 4) is 0 Å². The van der Waals surface area contributed by atoms with E-state index >= 15 is 0 Å². The SMILES string of the molecule is CC(C)(C)c1ccc(CCNC(=O)c2n[nH]c3c2CNCC3)cc1.Cl. The van der Waals surface area contributed by atoms with Gasteiger partial charge in [-0.25, -0.2) is 0 Å². The van der Waals surface area contributed by atoms with Crippen LogP contribution in [0.5, 0.6) is 0 Å². The van der Waals surface area contributed by atoms with E-state index in [9.17, 15) is 4.79 Å². The van der Waals surface area contributed by atoms with Crippen molar-refractivity contribution in [2.45, 2.75) is 45.6 Å². The van der Waals surface area contributed by atoms with E-state index in [4.69, 9.17) is 0 Å². The van der Waals surface area contributed by atoms with E-state index < -0.39 is 0 Å². The van der Waals surface area contributed by atoms with Crippen LogP contribution in [0, 0.1) is 0 Å². The van der Waals surface area contributed by atoms with Crippen molar-refractivity contribution in [1.29, 1.82) is 0 Å². The molecule has 0 saturated carbocycles. The summed E-state index contributed by atoms with van der Waals surface area (Å²) in [5.41, 5.74) is 5.34. The Hall–Kier alpha value is -1.85. The Morgan fingerprint density at radius 2 is 1.96 bits per heavy atom. The quantitative estimate of drug-likeness (QED) is 0.783. The molecule has 25 heavy (non-hydrogen) atoms. The van der Waals surface area contributed by atoms with Crippen LogP contribution in [0.25, 0.3) is 0 Å². The predicted molar refractivity (Wildman–Crippen MR) is 102 cm³/mol. The third kappa shape index (κ3) is 4.61. The van der Waals surface area contributed by atoms with Gasteiger partial charge < -0.3 is 10.6 Å². The number of amides is 1. The van der Waals surface area contributed by atoms with Crippen LogP contribution in [0.15, 0.2) is 24.3 Å². The van der Waals surface area contributed by atoms with Crippen LogP contribution in [0.1, 0.15) is 53.6 Å². The largest absolute Gasteiger partial charge is 0.350 e. The molecule has 0 saturated heterocycles. The third-order valence-corrected chi connectivity index (χ3v) is 4.54. The van der Waals surface area contributed by atoms with Gasteiger partial charge in [-0.1, -0.05) is 45.0 Å². The molecule has 2 heterocycles. The van der Waals surface area contributed by atoms with E-state index in [1.54, 1.807) is 0 Å². The summed E-state index contributed by atoms with van der Waals surface area (Å²) in [6, 6.07) is 8.64. The first kappa shape index (κ1) is 19.5. The van der Waals surface area contributed by atoms with Crippen molar-refractivity contribution in [2.75, 3.05) is 13.1 Å². The average molecular weight is 363 g/mol. The lowest BCUT2D eigenvalue weighted by Gasteiger charge is -2.19. The average Bonchev–Trinajstić information content (AvgIpc) is 2.98. The molecule has 1 amide bonds. The first-order valence-corrected chi connectivity index (χ1v) is 8.59. The molecule has 1 aromatic heterocycles. The van der Waals surface area contributed by atoms with Crippen LogP contribution in [-0.2, 0) is 24.8 Å². The van der Waals surface area contributed by atoms with E-state index in [2.05, 4.69) is 65.9 Å². The number of hydrogen-bond donors (Lipinski definition) is 3. The summed E-state index contributed by atoms with van der Waals surface area (Å²) in [4.78, 5) is 12.3. The molecule has 1 aromatic carbocycles. The van der Waals surface area contributed by atoms with Gasteiger partial charge in [-0.15, -0.1) is 12.4 Å². The molecular weight excluding hydrogens is 336 g/mol. The van der Waals surface area contributed by atoms with Crippen molar-refractivity contribution in [2.24, 2.45) is 0 Å². The summed E-state index contributed by atoms with van der Waals surface area (Å²) in [6.45, 7) is 8.89. The van der Waals surface area contributed by atoms with Crippen LogP contribution in [0.4, 0.5) is 0 Å². The highest BCUT2D eigenvalue weighted by molar-refractivity contribution is 5.94. The summed E-state index contributed by atoms with van der Waals surface area (Å²) in [5.74, 6) is -0.0949. The van der Waals surface area contributed by atoms with E-state index in [1.165, 1.54) is 11.1 Å². The lowest BCUT2D eigenvalue weighted by molar-refractivity contribution is 0.0948. The minimum Gasteiger partial charge on any atom is -0.350 e. The molecule has 136 valence electrons. The van der Waals surface area contributed by atoms with Crippen molar-refractivity contribution < 1.29 is 4.79 Å². The molecule has 1 aliphatic heterocycles. The number of benzene rings is 1. The number of rotatable bonds is 4. The molecule has 3 rings (SSSR count). The van der Waals surface area contributed by atoms with Crippen molar-refractivity contribution in [3.05, 3.63) is 52.3 Å². The number of aromatic nitrogens is 2. The van der Waals surface area contributed by atoms with Gasteiger partial charge in [0.25, 0.3) is 5.91 Å². The van der Waals surface area contributed by atoms with Crippen LogP contribution >= 0.6 is 12.4 Å². The number of H-pyrrole nitrogens is 1. The molecule has 0 atom stereocenters. The number of carbonyl (C=O) groups is 1. The fourth-order valence-electron chi connectivity index (χ4n) is 2.99. The number of nitrogens with zero attached hydrogens (tertiary/aromatic N) is 1. The summed E-state index contributed by atoms with van der Waals surface area (Å²) >= 11 is 0. The second-order valence-corrected chi connectivity index (χ2v) is 7.41. The summed E-state index contributed by atoms with van der Waals surface area (Å²) in [5, 5.41) is 13.4. The number of carbonyl (C=O) groups excluding carboxylic acids is 1. The van der Waals surface area contributed by atoms with Crippen molar-refractivity contribution in [3.63, 3.8) is 0 Å². The lowest BCUT2D eigenvalue weighted by Crippen LogP contribution is -2.29. The maximum absolute atomic E-state index is 12.3. The second kappa shape index (κ2) is 8.02. The summed E-state index contributed by atoms with van der Waals surface area (Å²) in [6.07, 6.45) is 1.72. The number of hydrogen-bond acceptors (Lipinski definition) is 3. The maximum Gasteiger partial charge on any atom is 0.272 e. The molecule has 5 nitrogen and oxygen atoms in total. The fourth-order valence-corrected chi connectivity index (χ4v) is 2.99. The Morgan fingerprint density at radius 1 is 1.24 bits per heavy atom. The highest BCUT2D eigenvalue weighted by Gasteiger charge is 2.21. The minimum absolute atomic E-state index is 0. The Morgan fingerprint density at radius 3 is 2.64 bits per heavy atom. The Kier molecular flexibility index (Phi) is 6.25. The van der Waals surface area contributed by atoms with Crippen LogP contribution in [-0.4, -0.2) is 29.2 Å². The van der Waals surface area contributed by atoms with Gasteiger partial charge in [0.05, 0.1) is 0 Å². The van der Waals surface area contributed by atoms with Gasteiger partial charge in [0.2, 0.25) is 0 Å². The zero-order valence-electron chi connectivity index (χ0n) is 15.1. The topological polar surface area (TPSA) is 69.8 Å². The molecule has 0 aliphatic carbocycles. The van der Waals surface area contributed by atoms with Crippen LogP contribution in [0.3, 0.4) is 0 Å². The van der Waals surface area contributed by atoms with Crippen LogP contribution < -0.4 is 10.6 Å². The van der Waals surface area contributed by atoms with E-state index in [-0.39, 0.29) is 23.7 Å². The van der Waals surface area contributed by atoms with Gasteiger partial charge in [0, 0.05) is 37.3 Å². The zero-order chi connectivity index (χ0) is 17.2. The molecule has 0 spiro atoms. The van der Waals surface area contributed by atoms with E-state index in [0.717, 1.165) is 30.6 Å². The van der Waals surface area contributed by atoms with Gasteiger partial charge in [-0.2, -0.15) is 5.10 Å². The molecule has 0 unspecified atom stereocenters. The molecule has 1 aliphatic rings. The Balaban J connectivity index is 0.00000225. The van der Waals surface area contributed by atoms with Gasteiger partial charge in [-0.05, 0) is 23.0 Å². The molecule has 3 N–H and O–H groups in total. The number of fused-ring (bicyclic) bond motifs is 1. The zero-order valence-corrected chi connectivity index (χ0v) is 15.9. The molecule has 2 aromatic rings. The fraction of sp³-hybridized carbons (Fsp3) is 0.474.